The first kappa shape index (κ1) is 17.6. The summed E-state index contributed by atoms with van der Waals surface area (Å²) in [6, 6.07) is 3.49. The Morgan fingerprint density at radius 3 is 1.95 bits per heavy atom. The molecule has 0 aliphatic heterocycles. The third kappa shape index (κ3) is 3.44. The molecule has 2 rings (SSSR count). The van der Waals surface area contributed by atoms with Crippen molar-refractivity contribution in [2.45, 2.75) is 32.4 Å². The van der Waals surface area contributed by atoms with Gasteiger partial charge < -0.3 is 0 Å². The van der Waals surface area contributed by atoms with Crippen LogP contribution in [0.5, 0.6) is 0 Å². The zero-order chi connectivity index (χ0) is 16.9. The largest absolute Gasteiger partial charge is 0.416 e. The monoisotopic (exact) mass is 414 g/mol. The topological polar surface area (TPSA) is 17.8 Å². The van der Waals surface area contributed by atoms with E-state index in [4.69, 9.17) is 23.2 Å². The molecule has 0 atom stereocenters. The van der Waals surface area contributed by atoms with Gasteiger partial charge in [0.1, 0.15) is 10.3 Å². The molecule has 0 saturated heterocycles. The first-order valence-corrected chi connectivity index (χ1v) is 7.79. The molecule has 120 valence electrons. The van der Waals surface area contributed by atoms with E-state index in [-0.39, 0.29) is 21.1 Å². The summed E-state index contributed by atoms with van der Waals surface area (Å²) >= 11 is 15.4. The van der Waals surface area contributed by atoms with Crippen LogP contribution in [0.25, 0.3) is 5.69 Å². The first-order valence-electron chi connectivity index (χ1n) is 6.24. The molecule has 0 spiro atoms. The second kappa shape index (κ2) is 5.73. The number of rotatable bonds is 1. The molecule has 8 heteroatoms. The van der Waals surface area contributed by atoms with Crippen LogP contribution in [0.3, 0.4) is 0 Å². The standard InChI is InChI=1S/C14H12BrCl2F3N2/c1-13(2,3)10-6-11(15)21-22(10)12-8(16)4-7(5-9(12)17)14(18,19)20/h4-6H,1-3H3. The van der Waals surface area contributed by atoms with Crippen molar-refractivity contribution in [1.82, 2.24) is 9.78 Å². The molecule has 1 aromatic carbocycles. The summed E-state index contributed by atoms with van der Waals surface area (Å²) in [6.07, 6.45) is -4.51. The zero-order valence-corrected chi connectivity index (χ0v) is 15.0. The maximum Gasteiger partial charge on any atom is 0.416 e. The Bertz CT molecular complexity index is 695. The summed E-state index contributed by atoms with van der Waals surface area (Å²) < 4.78 is 40.4. The van der Waals surface area contributed by atoms with Crippen LogP contribution in [0.15, 0.2) is 22.8 Å². The molecule has 2 nitrogen and oxygen atoms in total. The van der Waals surface area contributed by atoms with Crippen LogP contribution >= 0.6 is 39.1 Å². The summed E-state index contributed by atoms with van der Waals surface area (Å²) in [5, 5.41) is 4.02. The molecule has 0 aliphatic carbocycles. The molecule has 1 aromatic heterocycles. The molecule has 0 N–H and O–H groups in total. The Hall–Kier alpha value is -0.720. The molecular weight excluding hydrogens is 404 g/mol. The van der Waals surface area contributed by atoms with Crippen molar-refractivity contribution in [3.8, 4) is 5.69 Å². The van der Waals surface area contributed by atoms with Crippen molar-refractivity contribution in [3.05, 3.63) is 44.1 Å². The quantitative estimate of drug-likeness (QED) is 0.537. The number of aromatic nitrogens is 2. The second-order valence-corrected chi connectivity index (χ2v) is 7.43. The number of halogens is 6. The minimum absolute atomic E-state index is 0.110. The van der Waals surface area contributed by atoms with Crippen LogP contribution in [-0.4, -0.2) is 9.78 Å². The van der Waals surface area contributed by atoms with Crippen molar-refractivity contribution in [3.63, 3.8) is 0 Å². The number of nitrogens with zero attached hydrogens (tertiary/aromatic N) is 2. The predicted molar refractivity (Wildman–Crippen MR) is 85.0 cm³/mol. The predicted octanol–water partition coefficient (Wildman–Crippen LogP) is 6.26. The Labute approximate surface area is 144 Å². The molecular formula is C14H12BrCl2F3N2. The molecule has 0 aliphatic rings. The molecule has 0 unspecified atom stereocenters. The molecule has 1 heterocycles. The minimum Gasteiger partial charge on any atom is -0.233 e. The highest BCUT2D eigenvalue weighted by Gasteiger charge is 2.33. The van der Waals surface area contributed by atoms with E-state index < -0.39 is 11.7 Å². The van der Waals surface area contributed by atoms with Gasteiger partial charge in [-0.1, -0.05) is 44.0 Å². The number of alkyl halides is 3. The molecule has 0 fully saturated rings. The normalized spacial score (nSPS) is 12.8. The third-order valence-corrected chi connectivity index (χ3v) is 3.97. The zero-order valence-electron chi connectivity index (χ0n) is 11.9. The van der Waals surface area contributed by atoms with Gasteiger partial charge in [0.25, 0.3) is 0 Å². The van der Waals surface area contributed by atoms with Crippen molar-refractivity contribution < 1.29 is 13.2 Å². The summed E-state index contributed by atoms with van der Waals surface area (Å²) in [7, 11) is 0. The average molecular weight is 416 g/mol. The number of benzene rings is 1. The molecule has 0 bridgehead atoms. The molecule has 22 heavy (non-hydrogen) atoms. The lowest BCUT2D eigenvalue weighted by Gasteiger charge is -2.21. The van der Waals surface area contributed by atoms with E-state index in [2.05, 4.69) is 21.0 Å². The van der Waals surface area contributed by atoms with Gasteiger partial charge >= 0.3 is 6.18 Å². The van der Waals surface area contributed by atoms with Crippen LogP contribution in [0.2, 0.25) is 10.0 Å². The maximum absolute atomic E-state index is 12.8. The fourth-order valence-electron chi connectivity index (χ4n) is 1.99. The van der Waals surface area contributed by atoms with Gasteiger partial charge in [0.05, 0.1) is 21.3 Å². The van der Waals surface area contributed by atoms with E-state index in [0.717, 1.165) is 17.8 Å². The van der Waals surface area contributed by atoms with Gasteiger partial charge in [-0.25, -0.2) is 4.68 Å². The fourth-order valence-corrected chi connectivity index (χ4v) is 3.01. The van der Waals surface area contributed by atoms with E-state index in [1.807, 2.05) is 20.8 Å². The van der Waals surface area contributed by atoms with E-state index in [9.17, 15) is 13.2 Å². The lowest BCUT2D eigenvalue weighted by molar-refractivity contribution is -0.137. The average Bonchev–Trinajstić information content (AvgIpc) is 2.68. The molecule has 2 aromatic rings. The van der Waals surface area contributed by atoms with Crippen LogP contribution in [0, 0.1) is 0 Å². The van der Waals surface area contributed by atoms with Crippen LogP contribution in [0.4, 0.5) is 13.2 Å². The fraction of sp³-hybridized carbons (Fsp3) is 0.357. The summed E-state index contributed by atoms with van der Waals surface area (Å²) in [4.78, 5) is 0. The lowest BCUT2D eigenvalue weighted by Crippen LogP contribution is -2.18. The van der Waals surface area contributed by atoms with Crippen LogP contribution in [0.1, 0.15) is 32.0 Å². The van der Waals surface area contributed by atoms with Crippen molar-refractivity contribution in [2.75, 3.05) is 0 Å². The molecule has 0 radical (unpaired) electrons. The van der Waals surface area contributed by atoms with Crippen LogP contribution < -0.4 is 0 Å². The Morgan fingerprint density at radius 2 is 1.55 bits per heavy atom. The minimum atomic E-state index is -4.51. The summed E-state index contributed by atoms with van der Waals surface area (Å²) in [6.45, 7) is 5.87. The van der Waals surface area contributed by atoms with Crippen LogP contribution in [-0.2, 0) is 11.6 Å². The Morgan fingerprint density at radius 1 is 1.05 bits per heavy atom. The van der Waals surface area contributed by atoms with Gasteiger partial charge in [0.2, 0.25) is 0 Å². The van der Waals surface area contributed by atoms with Gasteiger partial charge in [-0.3, -0.25) is 0 Å². The smallest absolute Gasteiger partial charge is 0.233 e. The first-order chi connectivity index (χ1) is 9.91. The highest BCUT2D eigenvalue weighted by Crippen LogP contribution is 2.39. The highest BCUT2D eigenvalue weighted by molar-refractivity contribution is 9.10. The van der Waals surface area contributed by atoms with Crippen molar-refractivity contribution in [1.29, 1.82) is 0 Å². The molecule has 0 amide bonds. The summed E-state index contributed by atoms with van der Waals surface area (Å²) in [5.74, 6) is 0. The molecule has 0 saturated carbocycles. The maximum atomic E-state index is 12.8. The van der Waals surface area contributed by atoms with Gasteiger partial charge in [-0.05, 0) is 34.1 Å². The second-order valence-electron chi connectivity index (χ2n) is 5.80. The summed E-state index contributed by atoms with van der Waals surface area (Å²) in [5.41, 5.74) is -0.196. The third-order valence-electron chi connectivity index (χ3n) is 3.00. The van der Waals surface area contributed by atoms with E-state index in [1.54, 1.807) is 6.07 Å². The van der Waals surface area contributed by atoms with E-state index in [0.29, 0.717) is 4.60 Å². The van der Waals surface area contributed by atoms with E-state index in [1.165, 1.54) is 4.68 Å². The number of hydrogen-bond acceptors (Lipinski definition) is 1. The van der Waals surface area contributed by atoms with E-state index >= 15 is 0 Å². The highest BCUT2D eigenvalue weighted by atomic mass is 79.9. The SMILES string of the molecule is CC(C)(C)c1cc(Br)nn1-c1c(Cl)cc(C(F)(F)F)cc1Cl. The van der Waals surface area contributed by atoms with Gasteiger partial charge in [0.15, 0.2) is 0 Å². The Kier molecular flexibility index (Phi) is 4.59. The van der Waals surface area contributed by atoms with Gasteiger partial charge in [0, 0.05) is 5.41 Å². The Balaban J connectivity index is 2.70. The number of hydrogen-bond donors (Lipinski definition) is 0. The van der Waals surface area contributed by atoms with Crippen molar-refractivity contribution in [2.24, 2.45) is 0 Å². The van der Waals surface area contributed by atoms with Crippen molar-refractivity contribution >= 4 is 39.1 Å². The van der Waals surface area contributed by atoms with Gasteiger partial charge in [-0.15, -0.1) is 0 Å². The lowest BCUT2D eigenvalue weighted by atomic mass is 9.92. The van der Waals surface area contributed by atoms with Gasteiger partial charge in [-0.2, -0.15) is 18.3 Å².